The zero-order valence-corrected chi connectivity index (χ0v) is 18.6. The Balaban J connectivity index is 1.62. The van der Waals surface area contributed by atoms with Crippen molar-refractivity contribution in [1.82, 2.24) is 14.4 Å². The van der Waals surface area contributed by atoms with Crippen LogP contribution < -0.4 is 4.74 Å². The van der Waals surface area contributed by atoms with Gasteiger partial charge >= 0.3 is 11.9 Å². The molecule has 2 N–H and O–H groups in total. The molecular formula is C21H27N3O7S. The Morgan fingerprint density at radius 3 is 2.47 bits per heavy atom. The number of fused-ring (bicyclic) bond motifs is 1. The predicted octanol–water partition coefficient (Wildman–Crippen LogP) is 0.665. The number of rotatable bonds is 7. The van der Waals surface area contributed by atoms with Crippen LogP contribution in [0, 0.1) is 0 Å². The van der Waals surface area contributed by atoms with E-state index in [2.05, 4.69) is 4.90 Å². The Kier molecular flexibility index (Phi) is 6.15. The number of hydrogen-bond acceptors (Lipinski definition) is 7. The Bertz CT molecular complexity index is 1140. The van der Waals surface area contributed by atoms with Gasteiger partial charge in [0.25, 0.3) is 0 Å². The molecule has 32 heavy (non-hydrogen) atoms. The van der Waals surface area contributed by atoms with E-state index in [1.807, 2.05) is 4.90 Å². The second-order valence-electron chi connectivity index (χ2n) is 8.36. The van der Waals surface area contributed by atoms with E-state index in [0.29, 0.717) is 54.8 Å². The van der Waals surface area contributed by atoms with E-state index >= 15 is 0 Å². The van der Waals surface area contributed by atoms with E-state index in [0.717, 1.165) is 0 Å². The Labute approximate surface area is 185 Å². The molecule has 2 aliphatic rings. The molecule has 11 heteroatoms. The Morgan fingerprint density at radius 1 is 1.19 bits per heavy atom. The highest BCUT2D eigenvalue weighted by Crippen LogP contribution is 2.34. The second-order valence-corrected chi connectivity index (χ2v) is 10.6. The maximum Gasteiger partial charge on any atom is 0.325 e. The summed E-state index contributed by atoms with van der Waals surface area (Å²) in [6, 6.07) is 4.23. The van der Waals surface area contributed by atoms with Crippen LogP contribution >= 0.6 is 0 Å². The first-order valence-electron chi connectivity index (χ1n) is 10.5. The molecule has 0 radical (unpaired) electrons. The van der Waals surface area contributed by atoms with Crippen LogP contribution in [0.5, 0.6) is 5.75 Å². The first-order valence-corrected chi connectivity index (χ1v) is 12.3. The van der Waals surface area contributed by atoms with Gasteiger partial charge in [-0.25, -0.2) is 8.42 Å². The molecule has 3 heterocycles. The van der Waals surface area contributed by atoms with Crippen LogP contribution in [0.25, 0.3) is 10.9 Å². The molecule has 1 aromatic heterocycles. The maximum atomic E-state index is 12.4. The van der Waals surface area contributed by atoms with Gasteiger partial charge in [0.05, 0.1) is 18.6 Å². The largest absolute Gasteiger partial charge is 0.497 e. The van der Waals surface area contributed by atoms with E-state index < -0.39 is 27.8 Å². The van der Waals surface area contributed by atoms with Crippen molar-refractivity contribution < 1.29 is 33.0 Å². The summed E-state index contributed by atoms with van der Waals surface area (Å²) in [5, 5.41) is 20.0. The number of carboxylic acids is 2. The molecule has 0 saturated carbocycles. The van der Waals surface area contributed by atoms with Gasteiger partial charge < -0.3 is 19.5 Å². The van der Waals surface area contributed by atoms with Crippen LogP contribution in [-0.4, -0.2) is 95.8 Å². The fraction of sp³-hybridized carbons (Fsp3) is 0.524. The van der Waals surface area contributed by atoms with Crippen LogP contribution in [0.2, 0.25) is 0 Å². The summed E-state index contributed by atoms with van der Waals surface area (Å²) in [6.45, 7) is 1.84. The first kappa shape index (κ1) is 22.6. The number of carboxylic acid groups (broad SMARTS) is 2. The third kappa shape index (κ3) is 4.45. The smallest absolute Gasteiger partial charge is 0.325 e. The molecule has 2 aliphatic heterocycles. The summed E-state index contributed by atoms with van der Waals surface area (Å²) in [5.41, 5.74) is 1.15. The minimum absolute atomic E-state index is 0.00725. The van der Waals surface area contributed by atoms with Crippen LogP contribution in [-0.2, 0) is 26.0 Å². The number of benzene rings is 1. The number of aromatic nitrogens is 1. The minimum atomic E-state index is -2.98. The highest BCUT2D eigenvalue weighted by atomic mass is 32.2. The maximum absolute atomic E-state index is 12.4. The van der Waals surface area contributed by atoms with E-state index in [9.17, 15) is 28.2 Å². The molecule has 10 nitrogen and oxygen atoms in total. The minimum Gasteiger partial charge on any atom is -0.497 e. The molecule has 2 aromatic rings. The van der Waals surface area contributed by atoms with Crippen LogP contribution in [0.15, 0.2) is 24.4 Å². The quantitative estimate of drug-likeness (QED) is 0.606. The molecule has 0 amide bonds. The monoisotopic (exact) mass is 465 g/mol. The van der Waals surface area contributed by atoms with E-state index in [1.165, 1.54) is 7.11 Å². The second kappa shape index (κ2) is 8.72. The number of methoxy groups -OCH3 is 1. The molecule has 2 unspecified atom stereocenters. The number of aliphatic carboxylic acids is 2. The van der Waals surface area contributed by atoms with Crippen LogP contribution in [0.4, 0.5) is 0 Å². The standard InChI is InChI=1S/C21H27N3O7S/c1-31-15-2-3-18-16(10-15)17(11-24(18)12-19(25)26)20(21(27)28)23-7-5-22(6-8-23)14-4-9-32(29,30)13-14/h2-3,10-11,14,20H,4-9,12-13H2,1H3,(H,25,26)(H,27,28). The van der Waals surface area contributed by atoms with E-state index in [4.69, 9.17) is 4.74 Å². The fourth-order valence-corrected chi connectivity index (χ4v) is 6.60. The highest BCUT2D eigenvalue weighted by Gasteiger charge is 2.37. The molecule has 0 bridgehead atoms. The lowest BCUT2D eigenvalue weighted by atomic mass is 10.0. The predicted molar refractivity (Wildman–Crippen MR) is 117 cm³/mol. The molecule has 2 saturated heterocycles. The van der Waals surface area contributed by atoms with E-state index in [-0.39, 0.29) is 24.1 Å². The van der Waals surface area contributed by atoms with Crippen molar-refractivity contribution in [3.05, 3.63) is 30.0 Å². The first-order chi connectivity index (χ1) is 15.2. The fourth-order valence-electron chi connectivity index (χ4n) is 4.84. The Hall–Kier alpha value is -2.63. The van der Waals surface area contributed by atoms with Gasteiger partial charge in [0.15, 0.2) is 9.84 Å². The topological polar surface area (TPSA) is 129 Å². The van der Waals surface area contributed by atoms with Gasteiger partial charge in [0.1, 0.15) is 18.3 Å². The lowest BCUT2D eigenvalue weighted by Crippen LogP contribution is -2.52. The van der Waals surface area contributed by atoms with Gasteiger partial charge in [-0.2, -0.15) is 0 Å². The van der Waals surface area contributed by atoms with Crippen LogP contribution in [0.3, 0.4) is 0 Å². The van der Waals surface area contributed by atoms with Gasteiger partial charge in [0.2, 0.25) is 0 Å². The van der Waals surface area contributed by atoms with Crippen molar-refractivity contribution in [2.24, 2.45) is 0 Å². The van der Waals surface area contributed by atoms with Crippen molar-refractivity contribution in [2.45, 2.75) is 25.0 Å². The molecule has 2 atom stereocenters. The normalized spacial score (nSPS) is 22.7. The van der Waals surface area contributed by atoms with Gasteiger partial charge in [-0.3, -0.25) is 19.4 Å². The summed E-state index contributed by atoms with van der Waals surface area (Å²) in [4.78, 5) is 27.7. The van der Waals surface area contributed by atoms with Crippen molar-refractivity contribution in [1.29, 1.82) is 0 Å². The summed E-state index contributed by atoms with van der Waals surface area (Å²) in [5.74, 6) is -1.10. The number of piperazine rings is 1. The zero-order valence-electron chi connectivity index (χ0n) is 17.8. The molecule has 0 aliphatic carbocycles. The van der Waals surface area contributed by atoms with E-state index in [1.54, 1.807) is 29.0 Å². The highest BCUT2D eigenvalue weighted by molar-refractivity contribution is 7.91. The van der Waals surface area contributed by atoms with Gasteiger partial charge in [0, 0.05) is 54.9 Å². The molecular weight excluding hydrogens is 438 g/mol. The lowest BCUT2D eigenvalue weighted by Gasteiger charge is -2.40. The number of sulfone groups is 1. The lowest BCUT2D eigenvalue weighted by molar-refractivity contribution is -0.144. The van der Waals surface area contributed by atoms with Crippen molar-refractivity contribution in [3.63, 3.8) is 0 Å². The van der Waals surface area contributed by atoms with Crippen LogP contribution in [0.1, 0.15) is 18.0 Å². The summed E-state index contributed by atoms with van der Waals surface area (Å²) < 4.78 is 30.5. The molecule has 0 spiro atoms. The summed E-state index contributed by atoms with van der Waals surface area (Å²) in [7, 11) is -1.46. The average Bonchev–Trinajstić information content (AvgIpc) is 3.27. The molecule has 4 rings (SSSR count). The third-order valence-corrected chi connectivity index (χ3v) is 8.14. The number of hydrogen-bond donors (Lipinski definition) is 2. The number of carbonyl (C=O) groups is 2. The van der Waals surface area contributed by atoms with Gasteiger partial charge in [-0.05, 0) is 24.6 Å². The van der Waals surface area contributed by atoms with Gasteiger partial charge in [-0.15, -0.1) is 0 Å². The van der Waals surface area contributed by atoms with Gasteiger partial charge in [-0.1, -0.05) is 0 Å². The van der Waals surface area contributed by atoms with Crippen molar-refractivity contribution >= 4 is 32.7 Å². The zero-order chi connectivity index (χ0) is 23.0. The number of nitrogens with zero attached hydrogens (tertiary/aromatic N) is 3. The molecule has 2 fully saturated rings. The van der Waals surface area contributed by atoms with Crippen molar-refractivity contribution in [2.75, 3.05) is 44.8 Å². The third-order valence-electron chi connectivity index (χ3n) is 6.39. The summed E-state index contributed by atoms with van der Waals surface area (Å²) >= 11 is 0. The summed E-state index contributed by atoms with van der Waals surface area (Å²) in [6.07, 6.45) is 2.22. The van der Waals surface area contributed by atoms with Crippen molar-refractivity contribution in [3.8, 4) is 5.75 Å². The Morgan fingerprint density at radius 2 is 1.91 bits per heavy atom. The molecule has 174 valence electrons. The SMILES string of the molecule is COc1ccc2c(c1)c(C(C(=O)O)N1CCN(C3CCS(=O)(=O)C3)CC1)cn2CC(=O)O. The molecule has 1 aromatic carbocycles. The number of ether oxygens (including phenoxy) is 1. The average molecular weight is 466 g/mol.